The normalized spacial score (nSPS) is 14.3. The number of anilines is 2. The van der Waals surface area contributed by atoms with Gasteiger partial charge in [0.15, 0.2) is 0 Å². The van der Waals surface area contributed by atoms with Gasteiger partial charge in [0.1, 0.15) is 11.9 Å². The molecular formula is C34H42N4O3. The number of hydrogen-bond acceptors (Lipinski definition) is 4. The maximum atomic E-state index is 14.0. The molecule has 216 valence electrons. The molecule has 7 heteroatoms. The predicted octanol–water partition coefficient (Wildman–Crippen LogP) is 6.85. The van der Waals surface area contributed by atoms with Gasteiger partial charge in [-0.25, -0.2) is 4.98 Å². The van der Waals surface area contributed by atoms with Gasteiger partial charge in [-0.2, -0.15) is 0 Å². The fourth-order valence-electron chi connectivity index (χ4n) is 5.31. The second kappa shape index (κ2) is 14.6. The molecule has 3 aromatic rings. The Kier molecular flexibility index (Phi) is 10.7. The summed E-state index contributed by atoms with van der Waals surface area (Å²) in [5, 5.41) is 6.04. The molecule has 1 heterocycles. The topological polar surface area (TPSA) is 91.4 Å². The lowest BCUT2D eigenvalue weighted by molar-refractivity contribution is -0.127. The summed E-state index contributed by atoms with van der Waals surface area (Å²) in [5.41, 5.74) is 3.67. The van der Waals surface area contributed by atoms with E-state index in [0.29, 0.717) is 23.8 Å². The Morgan fingerprint density at radius 2 is 1.56 bits per heavy atom. The van der Waals surface area contributed by atoms with Gasteiger partial charge in [0.25, 0.3) is 0 Å². The van der Waals surface area contributed by atoms with Gasteiger partial charge in [-0.15, -0.1) is 0 Å². The molecule has 0 aliphatic heterocycles. The highest BCUT2D eigenvalue weighted by Crippen LogP contribution is 2.31. The monoisotopic (exact) mass is 554 g/mol. The average molecular weight is 555 g/mol. The molecule has 2 aromatic carbocycles. The van der Waals surface area contributed by atoms with Crippen LogP contribution in [-0.2, 0) is 14.4 Å². The van der Waals surface area contributed by atoms with Gasteiger partial charge < -0.3 is 10.6 Å². The number of hydrogen-bond donors (Lipinski definition) is 2. The summed E-state index contributed by atoms with van der Waals surface area (Å²) < 4.78 is 0. The van der Waals surface area contributed by atoms with Gasteiger partial charge in [0, 0.05) is 30.8 Å². The summed E-state index contributed by atoms with van der Waals surface area (Å²) in [6.07, 6.45) is 7.55. The molecular weight excluding hydrogens is 512 g/mol. The lowest BCUT2D eigenvalue weighted by atomic mass is 9.94. The van der Waals surface area contributed by atoms with Crippen LogP contribution >= 0.6 is 0 Å². The van der Waals surface area contributed by atoms with E-state index in [2.05, 4.69) is 29.5 Å². The molecule has 1 aliphatic carbocycles. The molecule has 0 bridgehead atoms. The Labute approximate surface area is 243 Å². The number of carbonyl (C=O) groups is 3. The van der Waals surface area contributed by atoms with Crippen LogP contribution < -0.4 is 15.5 Å². The maximum Gasteiger partial charge on any atom is 0.248 e. The minimum atomic E-state index is -0.822. The lowest BCUT2D eigenvalue weighted by Crippen LogP contribution is -2.47. The third-order valence-corrected chi connectivity index (χ3v) is 7.68. The number of pyridine rings is 1. The Morgan fingerprint density at radius 1 is 0.878 bits per heavy atom. The molecule has 2 N–H and O–H groups in total. The first-order valence-corrected chi connectivity index (χ1v) is 14.8. The van der Waals surface area contributed by atoms with E-state index in [-0.39, 0.29) is 36.6 Å². The van der Waals surface area contributed by atoms with Crippen LogP contribution in [0.5, 0.6) is 0 Å². The van der Waals surface area contributed by atoms with Crippen LogP contribution in [0.3, 0.4) is 0 Å². The minimum absolute atomic E-state index is 0.111. The molecule has 3 amide bonds. The van der Waals surface area contributed by atoms with Crippen molar-refractivity contribution in [3.05, 3.63) is 89.6 Å². The Hall–Kier alpha value is -4.00. The van der Waals surface area contributed by atoms with E-state index < -0.39 is 6.04 Å². The number of nitrogens with zero attached hydrogens (tertiary/aromatic N) is 2. The second-order valence-electron chi connectivity index (χ2n) is 11.3. The molecule has 41 heavy (non-hydrogen) atoms. The summed E-state index contributed by atoms with van der Waals surface area (Å²) in [7, 11) is 0. The highest BCUT2D eigenvalue weighted by atomic mass is 16.2. The number of carbonyl (C=O) groups excluding carboxylic acids is 3. The standard InChI is InChI=1S/C34H42N4O3/c1-24(2)26-19-21-29(22-20-26)38(32(40)14-9-13-31(39)37-30-12-7-8-23-35-30)33(27-17-15-25(3)16-18-27)34(41)36-28-10-5-4-6-11-28/h7-8,12,15-24,28,33H,4-6,9-11,13-14H2,1-3H3,(H,36,41)(H,35,37,39)/t33-/m0/s1. The maximum absolute atomic E-state index is 14.0. The number of aryl methyl sites for hydroxylation is 1. The smallest absolute Gasteiger partial charge is 0.248 e. The number of aromatic nitrogens is 1. The Balaban J connectivity index is 1.59. The van der Waals surface area contributed by atoms with E-state index in [9.17, 15) is 14.4 Å². The molecule has 1 aromatic heterocycles. The van der Waals surface area contributed by atoms with Crippen LogP contribution in [0.1, 0.15) is 93.9 Å². The van der Waals surface area contributed by atoms with E-state index in [1.54, 1.807) is 29.3 Å². The van der Waals surface area contributed by atoms with Crippen LogP contribution in [0.25, 0.3) is 0 Å². The first-order valence-electron chi connectivity index (χ1n) is 14.8. The first-order chi connectivity index (χ1) is 19.8. The highest BCUT2D eigenvalue weighted by molar-refractivity contribution is 6.01. The van der Waals surface area contributed by atoms with Crippen molar-refractivity contribution >= 4 is 29.2 Å². The second-order valence-corrected chi connectivity index (χ2v) is 11.3. The van der Waals surface area contributed by atoms with Gasteiger partial charge in [-0.3, -0.25) is 19.3 Å². The summed E-state index contributed by atoms with van der Waals surface area (Å²) in [6, 6.07) is 20.3. The summed E-state index contributed by atoms with van der Waals surface area (Å²) >= 11 is 0. The molecule has 1 fully saturated rings. The summed E-state index contributed by atoms with van der Waals surface area (Å²) in [4.78, 5) is 46.3. The molecule has 4 rings (SSSR count). The van der Waals surface area contributed by atoms with Gasteiger partial charge in [-0.05, 0) is 67.5 Å². The van der Waals surface area contributed by atoms with E-state index in [4.69, 9.17) is 0 Å². The van der Waals surface area contributed by atoms with Crippen molar-refractivity contribution in [2.24, 2.45) is 0 Å². The fourth-order valence-corrected chi connectivity index (χ4v) is 5.31. The van der Waals surface area contributed by atoms with Crippen LogP contribution in [0.4, 0.5) is 11.5 Å². The van der Waals surface area contributed by atoms with Crippen molar-refractivity contribution in [3.8, 4) is 0 Å². The SMILES string of the molecule is Cc1ccc([C@@H](C(=O)NC2CCCCC2)N(C(=O)CCCC(=O)Nc2ccccn2)c2ccc(C(C)C)cc2)cc1. The van der Waals surface area contributed by atoms with Crippen molar-refractivity contribution in [1.82, 2.24) is 10.3 Å². The zero-order valence-corrected chi connectivity index (χ0v) is 24.4. The molecule has 1 saturated carbocycles. The van der Waals surface area contributed by atoms with E-state index >= 15 is 0 Å². The minimum Gasteiger partial charge on any atom is -0.351 e. The lowest BCUT2D eigenvalue weighted by Gasteiger charge is -2.34. The van der Waals surface area contributed by atoms with Gasteiger partial charge >= 0.3 is 0 Å². The van der Waals surface area contributed by atoms with E-state index in [1.165, 1.54) is 6.42 Å². The molecule has 0 saturated heterocycles. The van der Waals surface area contributed by atoms with Crippen LogP contribution in [0.2, 0.25) is 0 Å². The highest BCUT2D eigenvalue weighted by Gasteiger charge is 2.34. The Morgan fingerprint density at radius 3 is 2.20 bits per heavy atom. The van der Waals surface area contributed by atoms with Gasteiger partial charge in [0.2, 0.25) is 17.7 Å². The quantitative estimate of drug-likeness (QED) is 0.271. The summed E-state index contributed by atoms with van der Waals surface area (Å²) in [5.74, 6) is 0.254. The zero-order valence-electron chi connectivity index (χ0n) is 24.4. The number of nitrogens with one attached hydrogen (secondary N) is 2. The zero-order chi connectivity index (χ0) is 29.2. The van der Waals surface area contributed by atoms with Crippen molar-refractivity contribution in [1.29, 1.82) is 0 Å². The Bertz CT molecular complexity index is 1280. The molecule has 7 nitrogen and oxygen atoms in total. The van der Waals surface area contributed by atoms with Crippen LogP contribution in [0, 0.1) is 6.92 Å². The molecule has 0 unspecified atom stereocenters. The van der Waals surface area contributed by atoms with Crippen molar-refractivity contribution in [2.45, 2.75) is 90.1 Å². The van der Waals surface area contributed by atoms with Crippen LogP contribution in [0.15, 0.2) is 72.9 Å². The van der Waals surface area contributed by atoms with Crippen molar-refractivity contribution in [3.63, 3.8) is 0 Å². The molecule has 0 spiro atoms. The number of benzene rings is 2. The molecule has 1 atom stereocenters. The van der Waals surface area contributed by atoms with Gasteiger partial charge in [-0.1, -0.05) is 81.1 Å². The van der Waals surface area contributed by atoms with Crippen molar-refractivity contribution in [2.75, 3.05) is 10.2 Å². The van der Waals surface area contributed by atoms with Crippen molar-refractivity contribution < 1.29 is 14.4 Å². The molecule has 0 radical (unpaired) electrons. The van der Waals surface area contributed by atoms with E-state index in [0.717, 1.165) is 42.4 Å². The third-order valence-electron chi connectivity index (χ3n) is 7.68. The molecule has 1 aliphatic rings. The number of rotatable bonds is 11. The average Bonchev–Trinajstić information content (AvgIpc) is 2.97. The third kappa shape index (κ3) is 8.49. The summed E-state index contributed by atoms with van der Waals surface area (Å²) in [6.45, 7) is 6.26. The van der Waals surface area contributed by atoms with Crippen LogP contribution in [-0.4, -0.2) is 28.7 Å². The van der Waals surface area contributed by atoms with E-state index in [1.807, 2.05) is 55.5 Å². The first kappa shape index (κ1) is 30.0. The fraction of sp³-hybridized carbons (Fsp3) is 0.412. The predicted molar refractivity (Wildman–Crippen MR) is 164 cm³/mol. The van der Waals surface area contributed by atoms with Gasteiger partial charge in [0.05, 0.1) is 0 Å². The largest absolute Gasteiger partial charge is 0.351 e. The number of amides is 3.